The Morgan fingerprint density at radius 1 is 1.04 bits per heavy atom. The van der Waals surface area contributed by atoms with Gasteiger partial charge in [-0.2, -0.15) is 0 Å². The van der Waals surface area contributed by atoms with Gasteiger partial charge in [0, 0.05) is 7.05 Å². The molecule has 2 aromatic carbocycles. The molecule has 1 amide bonds. The number of rotatable bonds is 1. The summed E-state index contributed by atoms with van der Waals surface area (Å²) in [7, 11) is 1.64. The van der Waals surface area contributed by atoms with E-state index in [-0.39, 0.29) is 17.1 Å². The van der Waals surface area contributed by atoms with Gasteiger partial charge >= 0.3 is 0 Å². The molecule has 0 saturated carbocycles. The summed E-state index contributed by atoms with van der Waals surface area (Å²) >= 11 is 12.1. The zero-order chi connectivity index (χ0) is 17.9. The van der Waals surface area contributed by atoms with Crippen LogP contribution in [0, 0.1) is 6.92 Å². The zero-order valence-corrected chi connectivity index (χ0v) is 15.0. The van der Waals surface area contributed by atoms with Gasteiger partial charge in [-0.25, -0.2) is 0 Å². The summed E-state index contributed by atoms with van der Waals surface area (Å²) in [4.78, 5) is 27.2. The number of hydrogen-bond acceptors (Lipinski definition) is 3. The Morgan fingerprint density at radius 3 is 2.52 bits per heavy atom. The van der Waals surface area contributed by atoms with Crippen molar-refractivity contribution in [1.82, 2.24) is 4.90 Å². The Labute approximate surface area is 153 Å². The molecular weight excluding hydrogens is 361 g/mol. The molecule has 1 atom stereocenters. The number of benzene rings is 2. The SMILES string of the molecule is Cc1ccc2oc3c(c(=O)c2c1)[C@@H](c1ccc(Cl)c(Cl)c1)N(C)C3=O. The van der Waals surface area contributed by atoms with Gasteiger partial charge < -0.3 is 9.32 Å². The number of carbonyl (C=O) groups excluding carboxylic acids is 1. The van der Waals surface area contributed by atoms with Crippen molar-refractivity contribution >= 4 is 40.1 Å². The van der Waals surface area contributed by atoms with Crippen molar-refractivity contribution in [2.75, 3.05) is 7.05 Å². The van der Waals surface area contributed by atoms with E-state index in [1.807, 2.05) is 13.0 Å². The van der Waals surface area contributed by atoms with E-state index in [4.69, 9.17) is 27.6 Å². The third kappa shape index (κ3) is 2.36. The van der Waals surface area contributed by atoms with Crippen LogP contribution in [0.2, 0.25) is 10.0 Å². The smallest absolute Gasteiger partial charge is 0.290 e. The first-order valence-corrected chi connectivity index (χ1v) is 8.43. The first kappa shape index (κ1) is 16.2. The number of hydrogen-bond donors (Lipinski definition) is 0. The molecular formula is C19H13Cl2NO3. The molecule has 0 saturated heterocycles. The van der Waals surface area contributed by atoms with Gasteiger partial charge in [0.25, 0.3) is 5.91 Å². The standard InChI is InChI=1S/C19H13Cl2NO3/c1-9-3-6-14-11(7-9)17(23)15-16(22(2)19(24)18(15)25-14)10-4-5-12(20)13(21)8-10/h3-8,16H,1-2H3/t16-/m1/s1. The minimum absolute atomic E-state index is 0.0833. The highest BCUT2D eigenvalue weighted by Crippen LogP contribution is 2.38. The Kier molecular flexibility index (Phi) is 3.63. The lowest BCUT2D eigenvalue weighted by atomic mass is 9.98. The van der Waals surface area contributed by atoms with Gasteiger partial charge in [-0.05, 0) is 36.8 Å². The van der Waals surface area contributed by atoms with Crippen molar-refractivity contribution in [3.05, 3.63) is 79.1 Å². The van der Waals surface area contributed by atoms with Crippen molar-refractivity contribution < 1.29 is 9.21 Å². The van der Waals surface area contributed by atoms with Gasteiger partial charge in [0.1, 0.15) is 5.58 Å². The predicted octanol–water partition coefficient (Wildman–Crippen LogP) is 4.58. The highest BCUT2D eigenvalue weighted by Gasteiger charge is 2.40. The van der Waals surface area contributed by atoms with Crippen LogP contribution in [0.25, 0.3) is 11.0 Å². The normalized spacial score (nSPS) is 16.6. The topological polar surface area (TPSA) is 50.5 Å². The number of aryl methyl sites for hydroxylation is 1. The quantitative estimate of drug-likeness (QED) is 0.626. The van der Waals surface area contributed by atoms with E-state index in [2.05, 4.69) is 0 Å². The molecule has 1 aliphatic rings. The zero-order valence-electron chi connectivity index (χ0n) is 13.5. The van der Waals surface area contributed by atoms with Gasteiger partial charge in [0.05, 0.1) is 27.0 Å². The maximum Gasteiger partial charge on any atom is 0.290 e. The predicted molar refractivity (Wildman–Crippen MR) is 97.6 cm³/mol. The summed E-state index contributed by atoms with van der Waals surface area (Å²) in [6.45, 7) is 1.90. The fourth-order valence-corrected chi connectivity index (χ4v) is 3.58. The van der Waals surface area contributed by atoms with Crippen LogP contribution < -0.4 is 5.43 Å². The number of amides is 1. The summed E-state index contributed by atoms with van der Waals surface area (Å²) in [6, 6.07) is 9.87. The van der Waals surface area contributed by atoms with E-state index in [1.165, 1.54) is 4.90 Å². The van der Waals surface area contributed by atoms with Crippen molar-refractivity contribution in [2.24, 2.45) is 0 Å². The van der Waals surface area contributed by atoms with E-state index in [1.54, 1.807) is 37.4 Å². The fourth-order valence-electron chi connectivity index (χ4n) is 3.27. The number of fused-ring (bicyclic) bond motifs is 2. The van der Waals surface area contributed by atoms with Crippen molar-refractivity contribution in [3.8, 4) is 0 Å². The molecule has 0 radical (unpaired) electrons. The molecule has 1 aliphatic heterocycles. The molecule has 3 aromatic rings. The molecule has 2 heterocycles. The average Bonchev–Trinajstić information content (AvgIpc) is 2.83. The molecule has 0 N–H and O–H groups in total. The van der Waals surface area contributed by atoms with Crippen LogP contribution in [0.15, 0.2) is 45.6 Å². The van der Waals surface area contributed by atoms with Crippen LogP contribution in [0.1, 0.15) is 33.3 Å². The fraction of sp³-hybridized carbons (Fsp3) is 0.158. The first-order chi connectivity index (χ1) is 11.9. The lowest BCUT2D eigenvalue weighted by Crippen LogP contribution is -2.25. The number of halogens is 2. The number of nitrogens with zero attached hydrogens (tertiary/aromatic N) is 1. The lowest BCUT2D eigenvalue weighted by Gasteiger charge is -2.20. The molecule has 0 spiro atoms. The van der Waals surface area contributed by atoms with Crippen LogP contribution in [-0.4, -0.2) is 17.9 Å². The highest BCUT2D eigenvalue weighted by molar-refractivity contribution is 6.42. The molecule has 1 aromatic heterocycles. The van der Waals surface area contributed by atoms with Gasteiger partial charge in [0.15, 0.2) is 5.43 Å². The van der Waals surface area contributed by atoms with E-state index in [0.717, 1.165) is 5.56 Å². The molecule has 0 unspecified atom stereocenters. The Morgan fingerprint density at radius 2 is 1.80 bits per heavy atom. The van der Waals surface area contributed by atoms with Gasteiger partial charge in [0.2, 0.25) is 5.76 Å². The monoisotopic (exact) mass is 373 g/mol. The Bertz CT molecular complexity index is 1100. The van der Waals surface area contributed by atoms with Gasteiger partial charge in [-0.1, -0.05) is 40.9 Å². The van der Waals surface area contributed by atoms with E-state index in [0.29, 0.717) is 32.1 Å². The van der Waals surface area contributed by atoms with Crippen LogP contribution in [0.5, 0.6) is 0 Å². The molecule has 4 rings (SSSR count). The van der Waals surface area contributed by atoms with Crippen molar-refractivity contribution in [2.45, 2.75) is 13.0 Å². The largest absolute Gasteiger partial charge is 0.450 e. The first-order valence-electron chi connectivity index (χ1n) is 7.68. The Hall–Kier alpha value is -2.30. The summed E-state index contributed by atoms with van der Waals surface area (Å²) < 4.78 is 5.78. The minimum atomic E-state index is -0.557. The maximum absolute atomic E-state index is 13.1. The summed E-state index contributed by atoms with van der Waals surface area (Å²) in [6.07, 6.45) is 0. The molecule has 0 bridgehead atoms. The third-order valence-electron chi connectivity index (χ3n) is 4.52. The summed E-state index contributed by atoms with van der Waals surface area (Å²) in [5, 5.41) is 1.25. The van der Waals surface area contributed by atoms with Crippen LogP contribution in [0.3, 0.4) is 0 Å². The van der Waals surface area contributed by atoms with E-state index in [9.17, 15) is 9.59 Å². The van der Waals surface area contributed by atoms with Crippen LogP contribution >= 0.6 is 23.2 Å². The molecule has 126 valence electrons. The second kappa shape index (κ2) is 5.61. The Balaban J connectivity index is 2.03. The van der Waals surface area contributed by atoms with Gasteiger partial charge in [-0.3, -0.25) is 9.59 Å². The molecule has 6 heteroatoms. The molecule has 0 fully saturated rings. The average molecular weight is 374 g/mol. The van der Waals surface area contributed by atoms with Crippen LogP contribution in [0.4, 0.5) is 0 Å². The molecule has 4 nitrogen and oxygen atoms in total. The second-order valence-electron chi connectivity index (χ2n) is 6.17. The van der Waals surface area contributed by atoms with Crippen LogP contribution in [-0.2, 0) is 0 Å². The van der Waals surface area contributed by atoms with Crippen molar-refractivity contribution in [1.29, 1.82) is 0 Å². The molecule has 25 heavy (non-hydrogen) atoms. The second-order valence-corrected chi connectivity index (χ2v) is 6.98. The maximum atomic E-state index is 13.1. The molecule has 0 aliphatic carbocycles. The van der Waals surface area contributed by atoms with Crippen molar-refractivity contribution in [3.63, 3.8) is 0 Å². The summed E-state index contributed by atoms with van der Waals surface area (Å²) in [5.41, 5.74) is 2.20. The van der Waals surface area contributed by atoms with E-state index < -0.39 is 6.04 Å². The van der Waals surface area contributed by atoms with Gasteiger partial charge in [-0.15, -0.1) is 0 Å². The third-order valence-corrected chi connectivity index (χ3v) is 5.25. The van der Waals surface area contributed by atoms with E-state index >= 15 is 0 Å². The summed E-state index contributed by atoms with van der Waals surface area (Å²) in [5.74, 6) is -0.245. The highest BCUT2D eigenvalue weighted by atomic mass is 35.5. The minimum Gasteiger partial charge on any atom is -0.450 e. The number of carbonyl (C=O) groups is 1. The lowest BCUT2D eigenvalue weighted by molar-refractivity contribution is 0.0771.